The minimum Gasteiger partial charge on any atom is -0.481 e. The molecule has 0 radical (unpaired) electrons. The Morgan fingerprint density at radius 2 is 1.20 bits per heavy atom. The largest absolute Gasteiger partial charge is 0.481 e. The van der Waals surface area contributed by atoms with E-state index in [-0.39, 0.29) is 0 Å². The number of carbonyl (C=O) groups excluding carboxylic acids is 1. The smallest absolute Gasteiger partial charge is 0.310 e. The van der Waals surface area contributed by atoms with Crippen LogP contribution in [0, 0.1) is 0 Å². The molecule has 0 saturated heterocycles. The highest BCUT2D eigenvalue weighted by atomic mass is 19.4. The number of carboxylic acids is 4. The van der Waals surface area contributed by atoms with Crippen LogP contribution in [0.3, 0.4) is 0 Å². The Bertz CT molecular complexity index is 701. The van der Waals surface area contributed by atoms with Crippen LogP contribution in [-0.2, 0) is 24.0 Å². The molecule has 8 N–H and O–H groups in total. The van der Waals surface area contributed by atoms with Gasteiger partial charge in [-0.3, -0.25) is 24.0 Å². The molecule has 0 rings (SSSR count). The molecule has 0 aliphatic rings. The third-order valence-electron chi connectivity index (χ3n) is 4.11. The maximum atomic E-state index is 13.5. The molecule has 0 aromatic heterocycles. The molecule has 0 saturated carbocycles. The van der Waals surface area contributed by atoms with Crippen LogP contribution in [0.1, 0.15) is 25.7 Å². The number of ketones is 1. The van der Waals surface area contributed by atoms with Crippen molar-refractivity contribution in [3.63, 3.8) is 0 Å². The average Bonchev–Trinajstić information content (AvgIpc) is 2.50. The lowest BCUT2D eigenvalue weighted by Crippen LogP contribution is -2.73. The molecule has 0 aliphatic carbocycles. The number of carboxylic acid groups (broad SMARTS) is 4. The summed E-state index contributed by atoms with van der Waals surface area (Å²) >= 11 is 0. The van der Waals surface area contributed by atoms with Gasteiger partial charge in [-0.25, -0.2) is 0 Å². The number of hydrogen-bond acceptors (Lipinski definition) is 10. The third kappa shape index (κ3) is 6.36. The van der Waals surface area contributed by atoms with Crippen LogP contribution in [0.25, 0.3) is 0 Å². The Morgan fingerprint density at radius 1 is 0.767 bits per heavy atom. The molecule has 0 aliphatic heterocycles. The molecule has 172 valence electrons. The second-order valence-corrected chi connectivity index (χ2v) is 6.30. The maximum Gasteiger partial charge on any atom is 0.310 e. The summed E-state index contributed by atoms with van der Waals surface area (Å²) in [6, 6.07) is -3.51. The van der Waals surface area contributed by atoms with Gasteiger partial charge in [-0.05, 0) is 0 Å². The minimum absolute atomic E-state index is 1.42. The predicted molar refractivity (Wildman–Crippen MR) is 83.8 cm³/mol. The minimum atomic E-state index is -4.12. The summed E-state index contributed by atoms with van der Waals surface area (Å²) in [4.78, 5) is 55.6. The van der Waals surface area contributed by atoms with Gasteiger partial charge in [0.2, 0.25) is 0 Å². The fourth-order valence-corrected chi connectivity index (χ4v) is 2.85. The molecule has 5 atom stereocenters. The van der Waals surface area contributed by atoms with Crippen molar-refractivity contribution < 1.29 is 73.8 Å². The quantitative estimate of drug-likeness (QED) is 0.0981. The number of nitrogens with zero attached hydrogens (tertiary/aromatic N) is 1. The first-order valence-electron chi connectivity index (χ1n) is 7.81. The van der Waals surface area contributed by atoms with Gasteiger partial charge < -0.3 is 40.9 Å². The van der Waals surface area contributed by atoms with Crippen LogP contribution in [-0.4, -0.2) is 105 Å². The molecule has 30 heavy (non-hydrogen) atoms. The topological polar surface area (TPSA) is 250 Å². The normalized spacial score (nSPS) is 18.5. The number of rotatable bonds is 14. The van der Waals surface area contributed by atoms with Crippen molar-refractivity contribution in [3.8, 4) is 0 Å². The standard InChI is InChI=1S/C14H19F2NO13/c15-17(16)11(5(18)1-7(20)21)13(29,3-9(24)25)14(30,4-10(26)27)12(28)6(19)2-8(22)23/h6,11-12,19,28-30H,1-4H2,(H,20,21)(H,22,23)(H,24,25)(H,26,27)/t6?,11-,12+,13+,14+/m0/s1. The summed E-state index contributed by atoms with van der Waals surface area (Å²) in [5.74, 6) is -10.3. The van der Waals surface area contributed by atoms with Crippen LogP contribution >= 0.6 is 0 Å². The van der Waals surface area contributed by atoms with Crippen molar-refractivity contribution in [2.75, 3.05) is 0 Å². The van der Waals surface area contributed by atoms with Gasteiger partial charge in [-0.15, -0.1) is 8.96 Å². The highest BCUT2D eigenvalue weighted by molar-refractivity contribution is 5.98. The van der Waals surface area contributed by atoms with Crippen molar-refractivity contribution in [2.24, 2.45) is 0 Å². The van der Waals surface area contributed by atoms with Crippen LogP contribution in [0.15, 0.2) is 0 Å². The summed E-state index contributed by atoms with van der Waals surface area (Å²) in [6.45, 7) is 0. The number of carbonyl (C=O) groups is 5. The van der Waals surface area contributed by atoms with E-state index in [4.69, 9.17) is 20.4 Å². The van der Waals surface area contributed by atoms with Crippen molar-refractivity contribution in [1.82, 2.24) is 5.34 Å². The summed E-state index contributed by atoms with van der Waals surface area (Å²) in [5, 5.41) is 74.1. The van der Waals surface area contributed by atoms with Crippen LogP contribution in [0.2, 0.25) is 0 Å². The molecule has 0 aromatic rings. The van der Waals surface area contributed by atoms with Gasteiger partial charge in [-0.1, -0.05) is 0 Å². The first-order valence-corrected chi connectivity index (χ1v) is 7.81. The van der Waals surface area contributed by atoms with Crippen molar-refractivity contribution in [3.05, 3.63) is 0 Å². The number of aliphatic carboxylic acids is 4. The molecule has 1 unspecified atom stereocenters. The van der Waals surface area contributed by atoms with Gasteiger partial charge in [0.15, 0.2) is 11.8 Å². The maximum absolute atomic E-state index is 13.5. The van der Waals surface area contributed by atoms with E-state index >= 15 is 0 Å². The molecular weight excluding hydrogens is 428 g/mol. The van der Waals surface area contributed by atoms with Crippen LogP contribution < -0.4 is 0 Å². The highest BCUT2D eigenvalue weighted by Gasteiger charge is 2.65. The summed E-state index contributed by atoms with van der Waals surface area (Å²) in [5.41, 5.74) is -8.09. The molecule has 0 fully saturated rings. The molecule has 16 heteroatoms. The Balaban J connectivity index is 6.80. The van der Waals surface area contributed by atoms with E-state index in [1.807, 2.05) is 0 Å². The van der Waals surface area contributed by atoms with E-state index < -0.39 is 90.1 Å². The highest BCUT2D eigenvalue weighted by Crippen LogP contribution is 2.40. The number of hydrogen-bond donors (Lipinski definition) is 8. The molecule has 0 heterocycles. The van der Waals surface area contributed by atoms with E-state index in [1.54, 1.807) is 0 Å². The van der Waals surface area contributed by atoms with Crippen molar-refractivity contribution >= 4 is 29.7 Å². The van der Waals surface area contributed by atoms with Crippen LogP contribution in [0.4, 0.5) is 8.96 Å². The van der Waals surface area contributed by atoms with Gasteiger partial charge in [0, 0.05) is 5.34 Å². The molecular formula is C14H19F2NO13. The van der Waals surface area contributed by atoms with E-state index in [0.717, 1.165) is 0 Å². The molecule has 14 nitrogen and oxygen atoms in total. The second kappa shape index (κ2) is 10.3. The molecule has 0 bridgehead atoms. The van der Waals surface area contributed by atoms with E-state index in [0.29, 0.717) is 0 Å². The van der Waals surface area contributed by atoms with Crippen molar-refractivity contribution in [2.45, 2.75) is 55.1 Å². The Hall–Kier alpha value is -2.79. The predicted octanol–water partition coefficient (Wildman–Crippen LogP) is -2.92. The lowest BCUT2D eigenvalue weighted by molar-refractivity contribution is -0.291. The average molecular weight is 447 g/mol. The first kappa shape index (κ1) is 27.2. The Labute approximate surface area is 165 Å². The van der Waals surface area contributed by atoms with E-state index in [2.05, 4.69) is 0 Å². The second-order valence-electron chi connectivity index (χ2n) is 6.30. The van der Waals surface area contributed by atoms with Crippen LogP contribution in [0.5, 0.6) is 0 Å². The summed E-state index contributed by atoms with van der Waals surface area (Å²) in [7, 11) is 0. The number of Topliss-reactive ketones (excluding diaryl/α,β-unsaturated/α-hetero) is 1. The lowest BCUT2D eigenvalue weighted by Gasteiger charge is -2.48. The summed E-state index contributed by atoms with van der Waals surface area (Å²) < 4.78 is 26.9. The Kier molecular flexibility index (Phi) is 9.34. The Morgan fingerprint density at radius 3 is 1.53 bits per heavy atom. The molecule has 0 aromatic carbocycles. The summed E-state index contributed by atoms with van der Waals surface area (Å²) in [6.07, 6.45) is -12.9. The van der Waals surface area contributed by atoms with Crippen molar-refractivity contribution in [1.29, 1.82) is 0 Å². The monoisotopic (exact) mass is 447 g/mol. The third-order valence-corrected chi connectivity index (χ3v) is 4.11. The molecule has 0 spiro atoms. The van der Waals surface area contributed by atoms with Gasteiger partial charge >= 0.3 is 23.9 Å². The number of halogens is 2. The zero-order valence-corrected chi connectivity index (χ0v) is 14.9. The number of aliphatic hydroxyl groups excluding tert-OH is 2. The van der Waals surface area contributed by atoms with Gasteiger partial charge in [0.1, 0.15) is 23.7 Å². The zero-order chi connectivity index (χ0) is 24.0. The van der Waals surface area contributed by atoms with Gasteiger partial charge in [0.25, 0.3) is 0 Å². The fourth-order valence-electron chi connectivity index (χ4n) is 2.85. The number of aliphatic hydroxyl groups is 4. The fraction of sp³-hybridized carbons (Fsp3) is 0.643. The van der Waals surface area contributed by atoms with Gasteiger partial charge in [0.05, 0.1) is 25.4 Å². The zero-order valence-electron chi connectivity index (χ0n) is 14.9. The van der Waals surface area contributed by atoms with E-state index in [9.17, 15) is 53.4 Å². The van der Waals surface area contributed by atoms with Gasteiger partial charge in [-0.2, -0.15) is 0 Å². The van der Waals surface area contributed by atoms with E-state index in [1.165, 1.54) is 0 Å². The SMILES string of the molecule is O=C(O)CC(=O)[C@H](N(F)F)[C@](O)(CC(=O)O)[C@@](O)(CC(=O)O)[C@H](O)C(O)CC(=O)O. The first-order chi connectivity index (χ1) is 13.5. The lowest BCUT2D eigenvalue weighted by atomic mass is 9.67. The molecule has 0 amide bonds.